The lowest BCUT2D eigenvalue weighted by Gasteiger charge is -2.27. The third-order valence-corrected chi connectivity index (χ3v) is 6.29. The average molecular weight is 614 g/mol. The van der Waals surface area contributed by atoms with E-state index in [1.165, 1.54) is 19.3 Å². The molecule has 0 aliphatic carbocycles. The van der Waals surface area contributed by atoms with Crippen molar-refractivity contribution in [2.45, 2.75) is 6.92 Å². The molecule has 0 unspecified atom stereocenters. The van der Waals surface area contributed by atoms with E-state index >= 15 is 0 Å². The van der Waals surface area contributed by atoms with Crippen LogP contribution in [0.2, 0.25) is 0 Å². The van der Waals surface area contributed by atoms with E-state index in [9.17, 15) is 19.2 Å². The first-order chi connectivity index (χ1) is 17.2. The minimum atomic E-state index is -0.909. The monoisotopic (exact) mass is 612 g/mol. The van der Waals surface area contributed by atoms with Gasteiger partial charge >= 0.3 is 12.0 Å². The zero-order chi connectivity index (χ0) is 26.0. The number of aryl methyl sites for hydroxylation is 1. The lowest BCUT2D eigenvalue weighted by atomic mass is 10.1. The Morgan fingerprint density at radius 3 is 2.39 bits per heavy atom. The highest BCUT2D eigenvalue weighted by Crippen LogP contribution is 2.36. The van der Waals surface area contributed by atoms with Crippen molar-refractivity contribution in [2.24, 2.45) is 0 Å². The van der Waals surface area contributed by atoms with E-state index in [0.29, 0.717) is 14.5 Å². The van der Waals surface area contributed by atoms with Crippen LogP contribution in [0.4, 0.5) is 10.5 Å². The highest BCUT2D eigenvalue weighted by atomic mass is 79.9. The minimum Gasteiger partial charge on any atom is -0.495 e. The highest BCUT2D eigenvalue weighted by molar-refractivity contribution is 9.11. The van der Waals surface area contributed by atoms with Crippen LogP contribution in [0.1, 0.15) is 21.5 Å². The number of nitrogens with one attached hydrogen (secondary N) is 1. The van der Waals surface area contributed by atoms with E-state index < -0.39 is 23.8 Å². The number of esters is 1. The summed E-state index contributed by atoms with van der Waals surface area (Å²) in [6.45, 7) is 1.90. The molecule has 4 rings (SSSR count). The predicted molar refractivity (Wildman–Crippen MR) is 140 cm³/mol. The van der Waals surface area contributed by atoms with E-state index in [0.717, 1.165) is 10.5 Å². The van der Waals surface area contributed by atoms with Crippen LogP contribution in [-0.2, 0) is 9.59 Å². The van der Waals surface area contributed by atoms with Crippen molar-refractivity contribution in [3.63, 3.8) is 0 Å². The van der Waals surface area contributed by atoms with Gasteiger partial charge < -0.3 is 9.47 Å². The predicted octanol–water partition coefficient (Wildman–Crippen LogP) is 5.41. The number of ether oxygens (including phenoxy) is 2. The molecule has 36 heavy (non-hydrogen) atoms. The Labute approximate surface area is 223 Å². The Morgan fingerprint density at radius 1 is 1.00 bits per heavy atom. The van der Waals surface area contributed by atoms with Crippen molar-refractivity contribution in [2.75, 3.05) is 12.0 Å². The van der Waals surface area contributed by atoms with Gasteiger partial charge in [-0.2, -0.15) is 0 Å². The normalized spacial score (nSPS) is 14.6. The molecule has 1 fully saturated rings. The van der Waals surface area contributed by atoms with Crippen molar-refractivity contribution in [3.05, 3.63) is 91.9 Å². The standard InChI is InChI=1S/C26H18Br2N2O6/c1-14-7-9-15(10-8-14)25(33)36-22-16(11-17(27)13-19(22)28)12-18-23(31)29-26(34)30(24(18)32)20-5-3-4-6-21(20)35-2/h3-13H,1-2H3,(H,29,31,34)/b18-12-. The third-order valence-electron chi connectivity index (χ3n) is 5.25. The van der Waals surface area contributed by atoms with Gasteiger partial charge in [0.2, 0.25) is 0 Å². The Bertz CT molecular complexity index is 1430. The molecule has 3 aromatic rings. The van der Waals surface area contributed by atoms with Crippen LogP contribution in [0.5, 0.6) is 11.5 Å². The van der Waals surface area contributed by atoms with Crippen LogP contribution in [0, 0.1) is 6.92 Å². The number of urea groups is 1. The largest absolute Gasteiger partial charge is 0.495 e. The first-order valence-electron chi connectivity index (χ1n) is 10.5. The molecule has 0 atom stereocenters. The number of para-hydroxylation sites is 2. The maximum atomic E-state index is 13.4. The maximum Gasteiger partial charge on any atom is 0.343 e. The second kappa shape index (κ2) is 10.5. The molecule has 0 aromatic heterocycles. The fraction of sp³-hybridized carbons (Fsp3) is 0.0769. The molecule has 1 N–H and O–H groups in total. The number of nitrogens with zero attached hydrogens (tertiary/aromatic N) is 1. The second-order valence-corrected chi connectivity index (χ2v) is 9.46. The van der Waals surface area contributed by atoms with E-state index in [4.69, 9.17) is 9.47 Å². The molecule has 1 heterocycles. The van der Waals surface area contributed by atoms with E-state index in [1.807, 2.05) is 6.92 Å². The van der Waals surface area contributed by atoms with Gasteiger partial charge in [-0.1, -0.05) is 45.8 Å². The second-order valence-electron chi connectivity index (χ2n) is 7.69. The van der Waals surface area contributed by atoms with E-state index in [1.54, 1.807) is 54.6 Å². The molecule has 0 radical (unpaired) electrons. The maximum absolute atomic E-state index is 13.4. The van der Waals surface area contributed by atoms with Crippen molar-refractivity contribution < 1.29 is 28.7 Å². The molecule has 0 bridgehead atoms. The molecule has 1 aliphatic heterocycles. The van der Waals surface area contributed by atoms with Gasteiger partial charge in [0.25, 0.3) is 11.8 Å². The molecular formula is C26H18Br2N2O6. The topological polar surface area (TPSA) is 102 Å². The zero-order valence-corrected chi connectivity index (χ0v) is 22.2. The third kappa shape index (κ3) is 5.09. The van der Waals surface area contributed by atoms with Crippen molar-refractivity contribution in [1.82, 2.24) is 5.32 Å². The van der Waals surface area contributed by atoms with Gasteiger partial charge in [-0.25, -0.2) is 14.5 Å². The summed E-state index contributed by atoms with van der Waals surface area (Å²) in [5, 5.41) is 2.17. The van der Waals surface area contributed by atoms with Gasteiger partial charge in [0.05, 0.1) is 22.8 Å². The number of hydrogen-bond acceptors (Lipinski definition) is 6. The fourth-order valence-electron chi connectivity index (χ4n) is 3.48. The molecule has 0 spiro atoms. The lowest BCUT2D eigenvalue weighted by Crippen LogP contribution is -2.54. The summed E-state index contributed by atoms with van der Waals surface area (Å²) in [7, 11) is 1.40. The van der Waals surface area contributed by atoms with Crippen LogP contribution in [0.15, 0.2) is 75.2 Å². The molecule has 182 valence electrons. The number of halogens is 2. The van der Waals surface area contributed by atoms with Gasteiger partial charge in [0, 0.05) is 10.0 Å². The van der Waals surface area contributed by atoms with Gasteiger partial charge in [-0.15, -0.1) is 0 Å². The average Bonchev–Trinajstić information content (AvgIpc) is 2.84. The van der Waals surface area contributed by atoms with Gasteiger partial charge in [-0.05, 0) is 65.3 Å². The highest BCUT2D eigenvalue weighted by Gasteiger charge is 2.38. The number of barbiturate groups is 1. The van der Waals surface area contributed by atoms with E-state index in [2.05, 4.69) is 37.2 Å². The smallest absolute Gasteiger partial charge is 0.343 e. The first-order valence-corrected chi connectivity index (χ1v) is 12.1. The van der Waals surface area contributed by atoms with Crippen LogP contribution in [-0.4, -0.2) is 30.9 Å². The summed E-state index contributed by atoms with van der Waals surface area (Å²) >= 11 is 6.75. The molecule has 10 heteroatoms. The minimum absolute atomic E-state index is 0.0950. The summed E-state index contributed by atoms with van der Waals surface area (Å²) in [5.74, 6) is -2.00. The Hall–Kier alpha value is -3.76. The van der Waals surface area contributed by atoms with Crippen molar-refractivity contribution >= 4 is 67.4 Å². The number of imide groups is 2. The summed E-state index contributed by atoms with van der Waals surface area (Å²) < 4.78 is 11.9. The number of anilines is 1. The van der Waals surface area contributed by atoms with Crippen LogP contribution in [0.3, 0.4) is 0 Å². The number of methoxy groups -OCH3 is 1. The summed E-state index contributed by atoms with van der Waals surface area (Å²) in [4.78, 5) is 52.3. The van der Waals surface area contributed by atoms with Crippen molar-refractivity contribution in [1.29, 1.82) is 0 Å². The molecule has 3 aromatic carbocycles. The Morgan fingerprint density at radius 2 is 1.69 bits per heavy atom. The molecule has 4 amide bonds. The quantitative estimate of drug-likeness (QED) is 0.179. The Kier molecular flexibility index (Phi) is 7.37. The van der Waals surface area contributed by atoms with Crippen LogP contribution in [0.25, 0.3) is 6.08 Å². The Balaban J connectivity index is 1.76. The SMILES string of the molecule is COc1ccccc1N1C(=O)NC(=O)/C(=C/c2cc(Br)cc(Br)c2OC(=O)c2ccc(C)cc2)C1=O. The van der Waals surface area contributed by atoms with Gasteiger partial charge in [0.1, 0.15) is 11.3 Å². The summed E-state index contributed by atoms with van der Waals surface area (Å²) in [6, 6.07) is 15.6. The van der Waals surface area contributed by atoms with Crippen LogP contribution < -0.4 is 19.7 Å². The molecule has 8 nitrogen and oxygen atoms in total. The van der Waals surface area contributed by atoms with Gasteiger partial charge in [-0.3, -0.25) is 14.9 Å². The first kappa shape index (κ1) is 25.3. The fourth-order valence-corrected chi connectivity index (χ4v) is 4.82. The number of carbonyl (C=O) groups is 4. The summed E-state index contributed by atoms with van der Waals surface area (Å²) in [5.41, 5.74) is 1.40. The van der Waals surface area contributed by atoms with Crippen molar-refractivity contribution in [3.8, 4) is 11.5 Å². The zero-order valence-electron chi connectivity index (χ0n) is 19.0. The number of amides is 4. The molecule has 1 saturated heterocycles. The number of benzene rings is 3. The molecule has 0 saturated carbocycles. The molecule has 1 aliphatic rings. The van der Waals surface area contributed by atoms with E-state index in [-0.39, 0.29) is 28.3 Å². The lowest BCUT2D eigenvalue weighted by molar-refractivity contribution is -0.122. The summed E-state index contributed by atoms with van der Waals surface area (Å²) in [6.07, 6.45) is 1.26. The van der Waals surface area contributed by atoms with Crippen LogP contribution >= 0.6 is 31.9 Å². The van der Waals surface area contributed by atoms with Gasteiger partial charge in [0.15, 0.2) is 5.75 Å². The molecular weight excluding hydrogens is 596 g/mol. The number of hydrogen-bond donors (Lipinski definition) is 1. The number of rotatable bonds is 5. The number of carbonyl (C=O) groups excluding carboxylic acids is 4.